The summed E-state index contributed by atoms with van der Waals surface area (Å²) in [6.07, 6.45) is 1.72. The second kappa shape index (κ2) is 11.5. The van der Waals surface area contributed by atoms with Crippen LogP contribution in [0.4, 0.5) is 0 Å². The van der Waals surface area contributed by atoms with Crippen LogP contribution in [0.25, 0.3) is 11.1 Å². The molecule has 0 saturated heterocycles. The molecule has 0 unspecified atom stereocenters. The summed E-state index contributed by atoms with van der Waals surface area (Å²) < 4.78 is 4.94. The van der Waals surface area contributed by atoms with Gasteiger partial charge >= 0.3 is 5.97 Å². The number of carbonyl (C=O) groups is 3. The van der Waals surface area contributed by atoms with E-state index in [-0.39, 0.29) is 6.42 Å². The van der Waals surface area contributed by atoms with E-state index in [0.29, 0.717) is 12.8 Å². The van der Waals surface area contributed by atoms with Gasteiger partial charge in [-0.3, -0.25) is 9.59 Å². The summed E-state index contributed by atoms with van der Waals surface area (Å²) in [7, 11) is 1.28. The molecule has 0 radical (unpaired) electrons. The molecule has 2 amide bonds. The molecule has 3 atom stereocenters. The lowest BCUT2D eigenvalue weighted by molar-refractivity contribution is -0.146. The Hall–Kier alpha value is -2.84. The van der Waals surface area contributed by atoms with Crippen molar-refractivity contribution in [3.05, 3.63) is 60.2 Å². The molecule has 3 rings (SSSR count). The lowest BCUT2D eigenvalue weighted by Crippen LogP contribution is -2.61. The van der Waals surface area contributed by atoms with Crippen molar-refractivity contribution in [3.63, 3.8) is 0 Å². The van der Waals surface area contributed by atoms with Gasteiger partial charge in [0.05, 0.1) is 13.2 Å². The van der Waals surface area contributed by atoms with Gasteiger partial charge in [0.1, 0.15) is 16.8 Å². The number of thiol groups is 1. The van der Waals surface area contributed by atoms with Gasteiger partial charge in [-0.25, -0.2) is 4.79 Å². The zero-order valence-corrected chi connectivity index (χ0v) is 20.4. The van der Waals surface area contributed by atoms with Crippen LogP contribution in [0.2, 0.25) is 0 Å². The minimum absolute atomic E-state index is 0.250. The number of ether oxygens (including phenoxy) is 1. The van der Waals surface area contributed by atoms with Crippen molar-refractivity contribution in [3.8, 4) is 11.1 Å². The SMILES string of the molecule is COC(=O)[C@@H](Cc1ccc(-c2ccccc2)cc1)NC(=O)C1(NC(=O)[C@H](S)[C@H](C)O)CCCC1. The summed E-state index contributed by atoms with van der Waals surface area (Å²) in [5, 5.41) is 14.3. The van der Waals surface area contributed by atoms with Crippen molar-refractivity contribution in [1.82, 2.24) is 10.6 Å². The normalized spacial score (nSPS) is 17.3. The number of esters is 1. The van der Waals surface area contributed by atoms with Gasteiger partial charge in [-0.05, 0) is 36.5 Å². The molecule has 0 aliphatic heterocycles. The molecule has 1 aliphatic carbocycles. The van der Waals surface area contributed by atoms with Gasteiger partial charge in [0.15, 0.2) is 0 Å². The van der Waals surface area contributed by atoms with Crippen molar-refractivity contribution in [2.24, 2.45) is 0 Å². The standard InChI is InChI=1S/C26H32N2O5S/c1-17(29)22(34)23(30)28-26(14-6-7-15-26)25(32)27-21(24(31)33-2)16-18-10-12-20(13-11-18)19-8-4-3-5-9-19/h3-5,8-13,17,21-22,29,34H,6-7,14-16H2,1-2H3,(H,27,32)(H,28,30)/t17-,21+,22+/m0/s1. The maximum absolute atomic E-state index is 13.3. The quantitative estimate of drug-likeness (QED) is 0.324. The first-order chi connectivity index (χ1) is 16.3. The molecule has 2 aromatic carbocycles. The summed E-state index contributed by atoms with van der Waals surface area (Å²) >= 11 is 4.15. The molecule has 1 aliphatic rings. The van der Waals surface area contributed by atoms with Gasteiger partial charge < -0.3 is 20.5 Å². The third-order valence-electron chi connectivity index (χ3n) is 6.27. The summed E-state index contributed by atoms with van der Waals surface area (Å²) in [4.78, 5) is 38.4. The lowest BCUT2D eigenvalue weighted by Gasteiger charge is -2.32. The van der Waals surface area contributed by atoms with Crippen LogP contribution < -0.4 is 10.6 Å². The predicted octanol–water partition coefficient (Wildman–Crippen LogP) is 2.66. The molecule has 7 nitrogen and oxygen atoms in total. The third-order valence-corrected chi connectivity index (χ3v) is 6.94. The highest BCUT2D eigenvalue weighted by Gasteiger charge is 2.44. The largest absolute Gasteiger partial charge is 0.467 e. The van der Waals surface area contributed by atoms with Gasteiger partial charge in [-0.2, -0.15) is 12.6 Å². The van der Waals surface area contributed by atoms with Gasteiger partial charge in [0, 0.05) is 6.42 Å². The Balaban J connectivity index is 1.74. The zero-order valence-electron chi connectivity index (χ0n) is 19.5. The molecule has 8 heteroatoms. The molecule has 3 N–H and O–H groups in total. The van der Waals surface area contributed by atoms with E-state index < -0.39 is 40.7 Å². The van der Waals surface area contributed by atoms with Crippen molar-refractivity contribution in [1.29, 1.82) is 0 Å². The summed E-state index contributed by atoms with van der Waals surface area (Å²) in [5.41, 5.74) is 1.86. The lowest BCUT2D eigenvalue weighted by atomic mass is 9.94. The number of carbonyl (C=O) groups excluding carboxylic acids is 3. The van der Waals surface area contributed by atoms with Crippen molar-refractivity contribution in [2.75, 3.05) is 7.11 Å². The summed E-state index contributed by atoms with van der Waals surface area (Å²) in [6.45, 7) is 1.47. The van der Waals surface area contributed by atoms with Crippen LogP contribution in [0.15, 0.2) is 54.6 Å². The fourth-order valence-electron chi connectivity index (χ4n) is 4.25. The van der Waals surface area contributed by atoms with E-state index in [2.05, 4.69) is 23.3 Å². The van der Waals surface area contributed by atoms with Crippen molar-refractivity contribution in [2.45, 2.75) is 62.0 Å². The molecule has 1 saturated carbocycles. The molecular formula is C26H32N2O5S. The number of hydrogen-bond acceptors (Lipinski definition) is 6. The van der Waals surface area contributed by atoms with Crippen molar-refractivity contribution >= 4 is 30.4 Å². The summed E-state index contributed by atoms with van der Waals surface area (Å²) in [6, 6.07) is 16.8. The Morgan fingerprint density at radius 3 is 2.18 bits per heavy atom. The first-order valence-corrected chi connectivity index (χ1v) is 12.0. The topological polar surface area (TPSA) is 105 Å². The molecule has 2 aromatic rings. The predicted molar refractivity (Wildman–Crippen MR) is 133 cm³/mol. The Labute approximate surface area is 205 Å². The van der Waals surface area contributed by atoms with E-state index in [4.69, 9.17) is 4.74 Å². The molecule has 0 heterocycles. The van der Waals surface area contributed by atoms with Gasteiger partial charge in [0.25, 0.3) is 0 Å². The Morgan fingerprint density at radius 2 is 1.62 bits per heavy atom. The molecular weight excluding hydrogens is 452 g/mol. The molecule has 182 valence electrons. The smallest absolute Gasteiger partial charge is 0.328 e. The number of amides is 2. The van der Waals surface area contributed by atoms with Crippen LogP contribution in [-0.2, 0) is 25.5 Å². The molecule has 0 spiro atoms. The van der Waals surface area contributed by atoms with E-state index in [1.807, 2.05) is 54.6 Å². The maximum Gasteiger partial charge on any atom is 0.328 e. The minimum atomic E-state index is -1.14. The van der Waals surface area contributed by atoms with Crippen LogP contribution in [-0.4, -0.2) is 52.9 Å². The highest BCUT2D eigenvalue weighted by atomic mass is 32.1. The number of aliphatic hydroxyl groups is 1. The first-order valence-electron chi connectivity index (χ1n) is 11.5. The number of nitrogens with one attached hydrogen (secondary N) is 2. The molecule has 0 bridgehead atoms. The van der Waals surface area contributed by atoms with E-state index in [1.165, 1.54) is 14.0 Å². The number of hydrogen-bond donors (Lipinski definition) is 4. The monoisotopic (exact) mass is 484 g/mol. The molecule has 0 aromatic heterocycles. The van der Waals surface area contributed by atoms with Crippen LogP contribution in [0, 0.1) is 0 Å². The van der Waals surface area contributed by atoms with Crippen LogP contribution in [0.5, 0.6) is 0 Å². The van der Waals surface area contributed by atoms with E-state index in [1.54, 1.807) is 0 Å². The number of benzene rings is 2. The zero-order chi connectivity index (χ0) is 24.7. The highest BCUT2D eigenvalue weighted by molar-refractivity contribution is 7.81. The Kier molecular flexibility index (Phi) is 8.74. The molecule has 1 fully saturated rings. The van der Waals surface area contributed by atoms with Crippen LogP contribution >= 0.6 is 12.6 Å². The van der Waals surface area contributed by atoms with Gasteiger partial charge in [-0.15, -0.1) is 0 Å². The van der Waals surface area contributed by atoms with Crippen LogP contribution in [0.3, 0.4) is 0 Å². The molecule has 34 heavy (non-hydrogen) atoms. The van der Waals surface area contributed by atoms with Gasteiger partial charge in [0.2, 0.25) is 11.8 Å². The van der Waals surface area contributed by atoms with Crippen LogP contribution in [0.1, 0.15) is 38.2 Å². The van der Waals surface area contributed by atoms with E-state index in [0.717, 1.165) is 29.5 Å². The fraction of sp³-hybridized carbons (Fsp3) is 0.423. The average molecular weight is 485 g/mol. The maximum atomic E-state index is 13.3. The number of methoxy groups -OCH3 is 1. The van der Waals surface area contributed by atoms with Crippen molar-refractivity contribution < 1.29 is 24.2 Å². The highest BCUT2D eigenvalue weighted by Crippen LogP contribution is 2.31. The second-order valence-electron chi connectivity index (χ2n) is 8.78. The Morgan fingerprint density at radius 1 is 1.03 bits per heavy atom. The third kappa shape index (κ3) is 6.18. The Bertz CT molecular complexity index is 988. The second-order valence-corrected chi connectivity index (χ2v) is 9.34. The minimum Gasteiger partial charge on any atom is -0.467 e. The van der Waals surface area contributed by atoms with E-state index in [9.17, 15) is 19.5 Å². The fourth-order valence-corrected chi connectivity index (χ4v) is 4.31. The number of rotatable bonds is 9. The first kappa shape index (κ1) is 25.8. The summed E-state index contributed by atoms with van der Waals surface area (Å²) in [5.74, 6) is -1.50. The number of aliphatic hydroxyl groups excluding tert-OH is 1. The van der Waals surface area contributed by atoms with Gasteiger partial charge in [-0.1, -0.05) is 67.4 Å². The average Bonchev–Trinajstić information content (AvgIpc) is 3.33. The van der Waals surface area contributed by atoms with E-state index >= 15 is 0 Å².